The van der Waals surface area contributed by atoms with Crippen molar-refractivity contribution in [3.8, 4) is 17.2 Å². The number of carbonyl (C=O) groups excluding carboxylic acids is 2. The lowest BCUT2D eigenvalue weighted by Crippen LogP contribution is -2.21. The van der Waals surface area contributed by atoms with Gasteiger partial charge in [-0.05, 0) is 29.8 Å². The second-order valence-corrected chi connectivity index (χ2v) is 5.60. The normalized spacial score (nSPS) is 12.2. The molecule has 0 bridgehead atoms. The number of benzene rings is 2. The number of methoxy groups -OCH3 is 1. The van der Waals surface area contributed by atoms with Crippen LogP contribution in [0.2, 0.25) is 0 Å². The van der Waals surface area contributed by atoms with Crippen LogP contribution in [-0.2, 0) is 20.7 Å². The smallest absolute Gasteiger partial charge is 0.310 e. The molecule has 0 fully saturated rings. The van der Waals surface area contributed by atoms with Crippen LogP contribution in [0, 0.1) is 0 Å². The van der Waals surface area contributed by atoms with Crippen LogP contribution < -0.4 is 19.5 Å². The molecule has 0 aromatic heterocycles. The zero-order valence-corrected chi connectivity index (χ0v) is 14.3. The van der Waals surface area contributed by atoms with E-state index < -0.39 is 11.9 Å². The predicted octanol–water partition coefficient (Wildman–Crippen LogP) is 2.19. The fourth-order valence-electron chi connectivity index (χ4n) is 2.46. The number of anilines is 1. The Morgan fingerprint density at radius 1 is 1.08 bits per heavy atom. The van der Waals surface area contributed by atoms with Gasteiger partial charge in [0.05, 0.1) is 13.5 Å². The van der Waals surface area contributed by atoms with E-state index in [4.69, 9.17) is 18.9 Å². The highest BCUT2D eigenvalue weighted by Gasteiger charge is 2.14. The fraction of sp³-hybridized carbons (Fsp3) is 0.263. The van der Waals surface area contributed by atoms with Gasteiger partial charge in [0.15, 0.2) is 18.1 Å². The first-order valence-electron chi connectivity index (χ1n) is 8.12. The Morgan fingerprint density at radius 3 is 2.69 bits per heavy atom. The van der Waals surface area contributed by atoms with Crippen LogP contribution in [0.4, 0.5) is 5.69 Å². The van der Waals surface area contributed by atoms with Crippen molar-refractivity contribution in [3.05, 3.63) is 48.0 Å². The first-order chi connectivity index (χ1) is 12.6. The Morgan fingerprint density at radius 2 is 1.88 bits per heavy atom. The molecule has 0 unspecified atom stereocenters. The largest absolute Gasteiger partial charge is 0.497 e. The second kappa shape index (κ2) is 8.24. The lowest BCUT2D eigenvalue weighted by Gasteiger charge is -2.18. The molecule has 0 spiro atoms. The molecule has 1 amide bonds. The minimum atomic E-state index is -0.498. The van der Waals surface area contributed by atoms with E-state index in [0.29, 0.717) is 36.1 Å². The SMILES string of the molecule is COc1cccc(NC(=O)COC(=O)Cc2ccc3c(c2)OCCO3)c1. The molecule has 26 heavy (non-hydrogen) atoms. The molecule has 1 heterocycles. The number of ether oxygens (including phenoxy) is 4. The van der Waals surface area contributed by atoms with Gasteiger partial charge in [-0.3, -0.25) is 9.59 Å². The van der Waals surface area contributed by atoms with E-state index in [0.717, 1.165) is 5.56 Å². The van der Waals surface area contributed by atoms with E-state index >= 15 is 0 Å². The maximum Gasteiger partial charge on any atom is 0.310 e. The molecule has 0 aliphatic carbocycles. The number of fused-ring (bicyclic) bond motifs is 1. The third kappa shape index (κ3) is 4.66. The van der Waals surface area contributed by atoms with Crippen LogP contribution in [0.15, 0.2) is 42.5 Å². The van der Waals surface area contributed by atoms with E-state index in [1.807, 2.05) is 0 Å². The molecule has 2 aromatic rings. The topological polar surface area (TPSA) is 83.1 Å². The molecule has 1 aliphatic rings. The van der Waals surface area contributed by atoms with Crippen molar-refractivity contribution < 1.29 is 28.5 Å². The number of amides is 1. The van der Waals surface area contributed by atoms with Crippen molar-refractivity contribution in [3.63, 3.8) is 0 Å². The fourth-order valence-corrected chi connectivity index (χ4v) is 2.46. The highest BCUT2D eigenvalue weighted by molar-refractivity contribution is 5.93. The van der Waals surface area contributed by atoms with Crippen molar-refractivity contribution in [1.82, 2.24) is 0 Å². The van der Waals surface area contributed by atoms with Crippen LogP contribution in [0.3, 0.4) is 0 Å². The molecule has 1 aliphatic heterocycles. The average Bonchev–Trinajstić information content (AvgIpc) is 2.66. The van der Waals surface area contributed by atoms with Gasteiger partial charge >= 0.3 is 5.97 Å². The summed E-state index contributed by atoms with van der Waals surface area (Å²) in [7, 11) is 1.54. The van der Waals surface area contributed by atoms with Gasteiger partial charge in [0.2, 0.25) is 0 Å². The standard InChI is InChI=1S/C19H19NO6/c1-23-15-4-2-3-14(11-15)20-18(21)12-26-19(22)10-13-5-6-16-17(9-13)25-8-7-24-16/h2-6,9,11H,7-8,10,12H2,1H3,(H,20,21). The van der Waals surface area contributed by atoms with Gasteiger partial charge in [0.25, 0.3) is 5.91 Å². The Labute approximate surface area is 150 Å². The molecule has 0 saturated heterocycles. The van der Waals surface area contributed by atoms with Crippen LogP contribution in [0.1, 0.15) is 5.56 Å². The summed E-state index contributed by atoms with van der Waals surface area (Å²) in [6.45, 7) is 0.628. The Balaban J connectivity index is 1.48. The van der Waals surface area contributed by atoms with Crippen molar-refractivity contribution >= 4 is 17.6 Å². The van der Waals surface area contributed by atoms with Gasteiger partial charge in [-0.2, -0.15) is 0 Å². The summed E-state index contributed by atoms with van der Waals surface area (Å²) in [6.07, 6.45) is 0.0447. The zero-order chi connectivity index (χ0) is 18.4. The second-order valence-electron chi connectivity index (χ2n) is 5.60. The van der Waals surface area contributed by atoms with Gasteiger partial charge in [-0.25, -0.2) is 0 Å². The summed E-state index contributed by atoms with van der Waals surface area (Å²) in [6, 6.07) is 12.2. The molecule has 1 N–H and O–H groups in total. The maximum absolute atomic E-state index is 11.9. The molecule has 0 saturated carbocycles. The number of hydrogen-bond acceptors (Lipinski definition) is 6. The predicted molar refractivity (Wildman–Crippen MR) is 93.7 cm³/mol. The number of carbonyl (C=O) groups is 2. The molecule has 0 radical (unpaired) electrons. The molecule has 7 heteroatoms. The minimum absolute atomic E-state index is 0.0447. The number of rotatable bonds is 6. The van der Waals surface area contributed by atoms with Gasteiger partial charge in [0.1, 0.15) is 19.0 Å². The zero-order valence-electron chi connectivity index (χ0n) is 14.3. The highest BCUT2D eigenvalue weighted by Crippen LogP contribution is 2.30. The number of hydrogen-bond donors (Lipinski definition) is 1. The molecular weight excluding hydrogens is 338 g/mol. The lowest BCUT2D eigenvalue weighted by atomic mass is 10.1. The summed E-state index contributed by atoms with van der Waals surface area (Å²) >= 11 is 0. The molecule has 7 nitrogen and oxygen atoms in total. The average molecular weight is 357 g/mol. The van der Waals surface area contributed by atoms with Crippen LogP contribution in [0.25, 0.3) is 0 Å². The van der Waals surface area contributed by atoms with Crippen molar-refractivity contribution in [1.29, 1.82) is 0 Å². The molecule has 136 valence electrons. The van der Waals surface area contributed by atoms with Gasteiger partial charge in [-0.15, -0.1) is 0 Å². The molecule has 2 aromatic carbocycles. The Kier molecular flexibility index (Phi) is 5.58. The third-order valence-corrected chi connectivity index (χ3v) is 3.67. The van der Waals surface area contributed by atoms with E-state index in [9.17, 15) is 9.59 Å². The Bertz CT molecular complexity index is 804. The molecule has 0 atom stereocenters. The van der Waals surface area contributed by atoms with Gasteiger partial charge < -0.3 is 24.3 Å². The highest BCUT2D eigenvalue weighted by atomic mass is 16.6. The summed E-state index contributed by atoms with van der Waals surface area (Å²) in [5.74, 6) is 0.970. The van der Waals surface area contributed by atoms with Gasteiger partial charge in [0, 0.05) is 11.8 Å². The minimum Gasteiger partial charge on any atom is -0.497 e. The lowest BCUT2D eigenvalue weighted by molar-refractivity contribution is -0.146. The van der Waals surface area contributed by atoms with Crippen LogP contribution in [-0.4, -0.2) is 38.8 Å². The van der Waals surface area contributed by atoms with Crippen LogP contribution in [0.5, 0.6) is 17.2 Å². The molecular formula is C19H19NO6. The summed E-state index contributed by atoms with van der Waals surface area (Å²) < 4.78 is 21.0. The van der Waals surface area contributed by atoms with Crippen molar-refractivity contribution in [2.45, 2.75) is 6.42 Å². The quantitative estimate of drug-likeness (QED) is 0.798. The van der Waals surface area contributed by atoms with E-state index in [1.165, 1.54) is 0 Å². The summed E-state index contributed by atoms with van der Waals surface area (Å²) in [5, 5.41) is 2.64. The molecule has 3 rings (SSSR count). The first-order valence-corrected chi connectivity index (χ1v) is 8.12. The summed E-state index contributed by atoms with van der Waals surface area (Å²) in [4.78, 5) is 23.8. The number of esters is 1. The van der Waals surface area contributed by atoms with Crippen molar-refractivity contribution in [2.75, 3.05) is 32.2 Å². The van der Waals surface area contributed by atoms with E-state index in [2.05, 4.69) is 5.32 Å². The monoisotopic (exact) mass is 357 g/mol. The van der Waals surface area contributed by atoms with Gasteiger partial charge in [-0.1, -0.05) is 12.1 Å². The summed E-state index contributed by atoms with van der Waals surface area (Å²) in [5.41, 5.74) is 1.30. The van der Waals surface area contributed by atoms with Crippen molar-refractivity contribution in [2.24, 2.45) is 0 Å². The van der Waals surface area contributed by atoms with Crippen LogP contribution >= 0.6 is 0 Å². The Hall–Kier alpha value is -3.22. The first kappa shape index (κ1) is 17.6. The maximum atomic E-state index is 11.9. The third-order valence-electron chi connectivity index (χ3n) is 3.67. The van der Waals surface area contributed by atoms with E-state index in [-0.39, 0.29) is 13.0 Å². The number of nitrogens with one attached hydrogen (secondary N) is 1. The van der Waals surface area contributed by atoms with E-state index in [1.54, 1.807) is 49.6 Å².